The molecule has 2 N–H and O–H groups in total. The number of amides is 1. The Balaban J connectivity index is 1.25. The summed E-state index contributed by atoms with van der Waals surface area (Å²) in [6.45, 7) is 10.8. The highest BCUT2D eigenvalue weighted by Gasteiger charge is 2.18. The minimum absolute atomic E-state index is 0.0522. The van der Waals surface area contributed by atoms with Crippen molar-refractivity contribution in [2.24, 2.45) is 0 Å². The fourth-order valence-corrected chi connectivity index (χ4v) is 4.51. The molecule has 0 aliphatic carbocycles. The maximum atomic E-state index is 13.0. The van der Waals surface area contributed by atoms with Crippen LogP contribution in [0, 0.1) is 6.92 Å². The Labute approximate surface area is 216 Å². The molecular weight excluding hydrogens is 466 g/mol. The molecule has 1 atom stereocenters. The van der Waals surface area contributed by atoms with Gasteiger partial charge in [0, 0.05) is 44.6 Å². The second-order valence-electron chi connectivity index (χ2n) is 9.55. The third-order valence-corrected chi connectivity index (χ3v) is 6.72. The van der Waals surface area contributed by atoms with Crippen LogP contribution in [0.3, 0.4) is 0 Å². The fraction of sp³-hybridized carbons (Fsp3) is 0.370. The van der Waals surface area contributed by atoms with E-state index in [1.165, 1.54) is 0 Å². The normalized spacial score (nSPS) is 15.1. The lowest BCUT2D eigenvalue weighted by molar-refractivity contribution is 0.102. The van der Waals surface area contributed by atoms with Crippen molar-refractivity contribution in [3.63, 3.8) is 0 Å². The van der Waals surface area contributed by atoms with E-state index in [0.29, 0.717) is 17.0 Å². The zero-order valence-corrected chi connectivity index (χ0v) is 21.8. The van der Waals surface area contributed by atoms with Gasteiger partial charge in [-0.1, -0.05) is 12.1 Å². The number of rotatable bonds is 7. The summed E-state index contributed by atoms with van der Waals surface area (Å²) >= 11 is 0. The number of nitrogens with one attached hydrogen (secondary N) is 2. The largest absolute Gasteiger partial charge is 0.362 e. The summed E-state index contributed by atoms with van der Waals surface area (Å²) in [6, 6.07) is 9.66. The van der Waals surface area contributed by atoms with Gasteiger partial charge < -0.3 is 20.4 Å². The number of anilines is 3. The molecule has 5 rings (SSSR count). The van der Waals surface area contributed by atoms with Crippen LogP contribution in [-0.4, -0.2) is 68.8 Å². The Hall–Kier alpha value is -4.05. The number of aryl methyl sites for hydroxylation is 2. The molecule has 0 spiro atoms. The number of aromatic nitrogens is 5. The van der Waals surface area contributed by atoms with E-state index in [1.807, 2.05) is 62.0 Å². The molecule has 10 heteroatoms. The number of benzene rings is 1. The maximum Gasteiger partial charge on any atom is 0.257 e. The number of likely N-dealkylation sites (N-methyl/N-ethyl adjacent to an activating group) is 1. The SMILES string of the molecule is CCn1cc2ncc(N[C@@H](C)c3cccc(NC(=O)c4cnc(N5CCN(C)CC5)c(C)c4)c3)nc2n1. The Morgan fingerprint density at radius 3 is 2.68 bits per heavy atom. The summed E-state index contributed by atoms with van der Waals surface area (Å²) in [7, 11) is 2.13. The summed E-state index contributed by atoms with van der Waals surface area (Å²) in [6.07, 6.45) is 5.27. The molecule has 0 unspecified atom stereocenters. The number of carbonyl (C=O) groups excluding carboxylic acids is 1. The number of nitrogens with zero attached hydrogens (tertiary/aromatic N) is 7. The van der Waals surface area contributed by atoms with Gasteiger partial charge in [0.1, 0.15) is 17.2 Å². The third kappa shape index (κ3) is 5.54. The summed E-state index contributed by atoms with van der Waals surface area (Å²) in [5, 5.41) is 10.8. The van der Waals surface area contributed by atoms with Gasteiger partial charge in [-0.05, 0) is 57.1 Å². The predicted octanol–water partition coefficient (Wildman–Crippen LogP) is 3.73. The molecule has 10 nitrogen and oxygen atoms in total. The number of hydrogen-bond acceptors (Lipinski definition) is 8. The Kier molecular flexibility index (Phi) is 7.00. The van der Waals surface area contributed by atoms with E-state index in [0.717, 1.165) is 60.9 Å². The highest BCUT2D eigenvalue weighted by Crippen LogP contribution is 2.23. The molecule has 1 aliphatic heterocycles. The molecule has 1 aliphatic rings. The second kappa shape index (κ2) is 10.5. The van der Waals surface area contributed by atoms with Crippen molar-refractivity contribution in [2.45, 2.75) is 33.4 Å². The van der Waals surface area contributed by atoms with E-state index >= 15 is 0 Å². The monoisotopic (exact) mass is 499 g/mol. The minimum Gasteiger partial charge on any atom is -0.362 e. The molecular formula is C27H33N9O. The molecule has 4 aromatic rings. The lowest BCUT2D eigenvalue weighted by Gasteiger charge is -2.34. The fourth-order valence-electron chi connectivity index (χ4n) is 4.51. The third-order valence-electron chi connectivity index (χ3n) is 6.72. The van der Waals surface area contributed by atoms with Crippen LogP contribution in [0.25, 0.3) is 11.2 Å². The molecule has 1 aromatic carbocycles. The van der Waals surface area contributed by atoms with Gasteiger partial charge in [0.2, 0.25) is 5.65 Å². The molecule has 3 aromatic heterocycles. The van der Waals surface area contributed by atoms with Gasteiger partial charge in [0.15, 0.2) is 0 Å². The standard InChI is InChI=1S/C27H33N9O/c1-5-36-17-23-25(33-36)32-24(16-28-23)30-19(3)20-7-6-8-22(14-20)31-27(37)21-13-18(2)26(29-15-21)35-11-9-34(4)10-12-35/h6-8,13-17,19H,5,9-12H2,1-4H3,(H,31,37)(H,30,32,33)/t19-/m0/s1. The first kappa shape index (κ1) is 24.6. The smallest absolute Gasteiger partial charge is 0.257 e. The molecule has 1 saturated heterocycles. The average molecular weight is 500 g/mol. The van der Waals surface area contributed by atoms with Crippen LogP contribution in [0.1, 0.15) is 41.4 Å². The topological polar surface area (TPSA) is 104 Å². The number of piperazine rings is 1. The van der Waals surface area contributed by atoms with Crippen LogP contribution in [0.2, 0.25) is 0 Å². The van der Waals surface area contributed by atoms with E-state index in [9.17, 15) is 4.79 Å². The Morgan fingerprint density at radius 1 is 1.11 bits per heavy atom. The highest BCUT2D eigenvalue weighted by atomic mass is 16.1. The van der Waals surface area contributed by atoms with Gasteiger partial charge in [-0.3, -0.25) is 9.48 Å². The average Bonchev–Trinajstić information content (AvgIpc) is 3.32. The molecule has 0 saturated carbocycles. The number of carbonyl (C=O) groups is 1. The number of hydrogen-bond donors (Lipinski definition) is 2. The van der Waals surface area contributed by atoms with Crippen molar-refractivity contribution in [3.8, 4) is 0 Å². The first-order valence-corrected chi connectivity index (χ1v) is 12.7. The van der Waals surface area contributed by atoms with Gasteiger partial charge in [0.05, 0.1) is 24.0 Å². The summed E-state index contributed by atoms with van der Waals surface area (Å²) in [4.78, 5) is 31.3. The van der Waals surface area contributed by atoms with Crippen molar-refractivity contribution in [1.29, 1.82) is 0 Å². The molecule has 37 heavy (non-hydrogen) atoms. The Morgan fingerprint density at radius 2 is 1.92 bits per heavy atom. The molecule has 1 fully saturated rings. The zero-order chi connectivity index (χ0) is 25.9. The van der Waals surface area contributed by atoms with Crippen molar-refractivity contribution in [1.82, 2.24) is 29.6 Å². The molecule has 1 amide bonds. The summed E-state index contributed by atoms with van der Waals surface area (Å²) < 4.78 is 1.82. The predicted molar refractivity (Wildman–Crippen MR) is 146 cm³/mol. The van der Waals surface area contributed by atoms with Gasteiger partial charge in [-0.15, -0.1) is 0 Å². The van der Waals surface area contributed by atoms with E-state index in [4.69, 9.17) is 0 Å². The van der Waals surface area contributed by atoms with Crippen LogP contribution in [0.5, 0.6) is 0 Å². The van der Waals surface area contributed by atoms with Crippen molar-refractivity contribution >= 4 is 34.4 Å². The molecule has 4 heterocycles. The van der Waals surface area contributed by atoms with Gasteiger partial charge >= 0.3 is 0 Å². The van der Waals surface area contributed by atoms with E-state index in [1.54, 1.807) is 12.4 Å². The summed E-state index contributed by atoms with van der Waals surface area (Å²) in [5.41, 5.74) is 4.67. The van der Waals surface area contributed by atoms with Gasteiger partial charge in [-0.2, -0.15) is 5.10 Å². The van der Waals surface area contributed by atoms with Crippen LogP contribution in [0.4, 0.5) is 17.3 Å². The lowest BCUT2D eigenvalue weighted by atomic mass is 10.1. The first-order valence-electron chi connectivity index (χ1n) is 12.7. The van der Waals surface area contributed by atoms with E-state index < -0.39 is 0 Å². The minimum atomic E-state index is -0.180. The molecule has 0 radical (unpaired) electrons. The number of fused-ring (bicyclic) bond motifs is 1. The van der Waals surface area contributed by atoms with Crippen LogP contribution in [0.15, 0.2) is 48.9 Å². The van der Waals surface area contributed by atoms with Crippen LogP contribution >= 0.6 is 0 Å². The van der Waals surface area contributed by atoms with Crippen molar-refractivity contribution in [2.75, 3.05) is 48.8 Å². The quantitative estimate of drug-likeness (QED) is 0.396. The molecule has 0 bridgehead atoms. The second-order valence-corrected chi connectivity index (χ2v) is 9.55. The van der Waals surface area contributed by atoms with Gasteiger partial charge in [0.25, 0.3) is 5.91 Å². The summed E-state index contributed by atoms with van der Waals surface area (Å²) in [5.74, 6) is 1.42. The van der Waals surface area contributed by atoms with E-state index in [2.05, 4.69) is 47.5 Å². The lowest BCUT2D eigenvalue weighted by Crippen LogP contribution is -2.45. The first-order chi connectivity index (χ1) is 17.9. The van der Waals surface area contributed by atoms with Crippen molar-refractivity contribution in [3.05, 3.63) is 65.6 Å². The van der Waals surface area contributed by atoms with E-state index in [-0.39, 0.29) is 11.9 Å². The number of pyridine rings is 1. The maximum absolute atomic E-state index is 13.0. The zero-order valence-electron chi connectivity index (χ0n) is 21.8. The highest BCUT2D eigenvalue weighted by molar-refractivity contribution is 6.04. The van der Waals surface area contributed by atoms with Crippen molar-refractivity contribution < 1.29 is 4.79 Å². The molecule has 192 valence electrons. The van der Waals surface area contributed by atoms with Crippen LogP contribution in [-0.2, 0) is 6.54 Å². The Bertz CT molecular complexity index is 1410. The van der Waals surface area contributed by atoms with Crippen LogP contribution < -0.4 is 15.5 Å². The van der Waals surface area contributed by atoms with Gasteiger partial charge in [-0.25, -0.2) is 15.0 Å².